The summed E-state index contributed by atoms with van der Waals surface area (Å²) in [6.45, 7) is 0.786. The first-order chi connectivity index (χ1) is 9.36. The van der Waals surface area contributed by atoms with E-state index in [1.54, 1.807) is 12.4 Å². The Morgan fingerprint density at radius 3 is 2.68 bits per heavy atom. The highest BCUT2D eigenvalue weighted by Gasteiger charge is 2.30. The van der Waals surface area contributed by atoms with Crippen molar-refractivity contribution < 1.29 is 4.79 Å². The summed E-state index contributed by atoms with van der Waals surface area (Å²) in [6.07, 6.45) is 5.44. The van der Waals surface area contributed by atoms with Crippen LogP contribution in [-0.2, 0) is 4.79 Å². The minimum absolute atomic E-state index is 0.0184. The first-order valence-electron chi connectivity index (χ1n) is 6.62. The number of benzene rings is 1. The van der Waals surface area contributed by atoms with Crippen LogP contribution in [0.5, 0.6) is 0 Å². The standard InChI is InChI=1S/C16H16N2O/c19-16-15(13-6-2-1-3-7-13)9-5-11-18(16)14-8-4-10-17-12-14/h1-4,6-8,10,12,15H,5,9,11H2. The number of rotatable bonds is 2. The average molecular weight is 252 g/mol. The molecule has 0 spiro atoms. The number of hydrogen-bond donors (Lipinski definition) is 0. The summed E-state index contributed by atoms with van der Waals surface area (Å²) in [7, 11) is 0. The van der Waals surface area contributed by atoms with Gasteiger partial charge >= 0.3 is 0 Å². The summed E-state index contributed by atoms with van der Waals surface area (Å²) in [4.78, 5) is 18.6. The van der Waals surface area contributed by atoms with E-state index in [-0.39, 0.29) is 11.8 Å². The number of carbonyl (C=O) groups is 1. The molecule has 2 aromatic rings. The van der Waals surface area contributed by atoms with Gasteiger partial charge in [0.25, 0.3) is 0 Å². The van der Waals surface area contributed by atoms with Crippen molar-refractivity contribution in [2.24, 2.45) is 0 Å². The molecule has 0 bridgehead atoms. The van der Waals surface area contributed by atoms with Gasteiger partial charge in [-0.2, -0.15) is 0 Å². The van der Waals surface area contributed by atoms with E-state index in [9.17, 15) is 4.79 Å². The van der Waals surface area contributed by atoms with Crippen LogP contribution in [0.25, 0.3) is 0 Å². The van der Waals surface area contributed by atoms with Gasteiger partial charge in [-0.25, -0.2) is 0 Å². The number of amides is 1. The van der Waals surface area contributed by atoms with Crippen LogP contribution in [0.2, 0.25) is 0 Å². The highest BCUT2D eigenvalue weighted by molar-refractivity contribution is 5.98. The Balaban J connectivity index is 1.88. The second-order valence-corrected chi connectivity index (χ2v) is 4.81. The molecule has 1 aliphatic rings. The predicted octanol–water partition coefficient (Wildman–Crippen LogP) is 2.99. The number of hydrogen-bond acceptors (Lipinski definition) is 2. The van der Waals surface area contributed by atoms with Crippen molar-refractivity contribution in [3.63, 3.8) is 0 Å². The van der Waals surface area contributed by atoms with E-state index in [2.05, 4.69) is 4.98 Å². The van der Waals surface area contributed by atoms with Gasteiger partial charge in [0.15, 0.2) is 0 Å². The largest absolute Gasteiger partial charge is 0.310 e. The predicted molar refractivity (Wildman–Crippen MR) is 75.0 cm³/mol. The zero-order valence-electron chi connectivity index (χ0n) is 10.7. The van der Waals surface area contributed by atoms with Crippen LogP contribution in [0.15, 0.2) is 54.9 Å². The summed E-state index contributed by atoms with van der Waals surface area (Å²) in [5.41, 5.74) is 2.01. The fourth-order valence-electron chi connectivity index (χ4n) is 2.64. The lowest BCUT2D eigenvalue weighted by atomic mass is 9.89. The lowest BCUT2D eigenvalue weighted by Crippen LogP contribution is -2.40. The topological polar surface area (TPSA) is 33.2 Å². The van der Waals surface area contributed by atoms with Crippen LogP contribution in [0.1, 0.15) is 24.3 Å². The quantitative estimate of drug-likeness (QED) is 0.823. The average Bonchev–Trinajstić information content (AvgIpc) is 2.49. The summed E-state index contributed by atoms with van der Waals surface area (Å²) in [6, 6.07) is 13.9. The minimum atomic E-state index is -0.0184. The maximum Gasteiger partial charge on any atom is 0.234 e. The van der Waals surface area contributed by atoms with Gasteiger partial charge in [0, 0.05) is 12.7 Å². The lowest BCUT2D eigenvalue weighted by Gasteiger charge is -2.32. The highest BCUT2D eigenvalue weighted by atomic mass is 16.2. The molecule has 0 N–H and O–H groups in total. The fraction of sp³-hybridized carbons (Fsp3) is 0.250. The molecular formula is C16H16N2O. The van der Waals surface area contributed by atoms with E-state index >= 15 is 0 Å². The summed E-state index contributed by atoms with van der Waals surface area (Å²) in [5, 5.41) is 0. The number of pyridine rings is 1. The molecule has 3 heteroatoms. The van der Waals surface area contributed by atoms with Gasteiger partial charge in [0.05, 0.1) is 17.8 Å². The normalized spacial score (nSPS) is 19.5. The van der Waals surface area contributed by atoms with E-state index in [0.717, 1.165) is 30.6 Å². The SMILES string of the molecule is O=C1C(c2ccccc2)CCCN1c1cccnc1. The number of nitrogens with zero attached hydrogens (tertiary/aromatic N) is 2. The second kappa shape index (κ2) is 5.22. The second-order valence-electron chi connectivity index (χ2n) is 4.81. The van der Waals surface area contributed by atoms with Crippen LogP contribution >= 0.6 is 0 Å². The van der Waals surface area contributed by atoms with Gasteiger partial charge in [-0.15, -0.1) is 0 Å². The molecule has 0 aliphatic carbocycles. The van der Waals surface area contributed by atoms with Gasteiger partial charge in [-0.05, 0) is 30.5 Å². The monoisotopic (exact) mass is 252 g/mol. The molecule has 1 saturated heterocycles. The Morgan fingerprint density at radius 1 is 1.11 bits per heavy atom. The molecule has 1 aromatic carbocycles. The molecule has 19 heavy (non-hydrogen) atoms. The summed E-state index contributed by atoms with van der Waals surface area (Å²) in [5.74, 6) is 0.167. The molecule has 96 valence electrons. The molecule has 1 atom stereocenters. The Hall–Kier alpha value is -2.16. The Morgan fingerprint density at radius 2 is 1.95 bits per heavy atom. The molecule has 2 heterocycles. The van der Waals surface area contributed by atoms with Crippen LogP contribution in [0.3, 0.4) is 0 Å². The molecule has 1 amide bonds. The summed E-state index contributed by atoms with van der Waals surface area (Å²) < 4.78 is 0. The fourth-order valence-corrected chi connectivity index (χ4v) is 2.64. The Kier molecular flexibility index (Phi) is 3.27. The molecule has 3 rings (SSSR count). The van der Waals surface area contributed by atoms with E-state index in [4.69, 9.17) is 0 Å². The first kappa shape index (κ1) is 11.9. The third-order valence-corrected chi connectivity index (χ3v) is 3.60. The molecule has 1 aliphatic heterocycles. The molecule has 1 aromatic heterocycles. The van der Waals surface area contributed by atoms with Gasteiger partial charge in [-0.1, -0.05) is 30.3 Å². The van der Waals surface area contributed by atoms with Crippen molar-refractivity contribution in [1.82, 2.24) is 4.98 Å². The van der Waals surface area contributed by atoms with Crippen molar-refractivity contribution in [2.45, 2.75) is 18.8 Å². The number of aromatic nitrogens is 1. The van der Waals surface area contributed by atoms with E-state index in [0.29, 0.717) is 0 Å². The summed E-state index contributed by atoms with van der Waals surface area (Å²) >= 11 is 0. The zero-order chi connectivity index (χ0) is 13.1. The van der Waals surface area contributed by atoms with Crippen molar-refractivity contribution in [1.29, 1.82) is 0 Å². The Bertz CT molecular complexity index is 504. The first-order valence-corrected chi connectivity index (χ1v) is 6.62. The molecule has 1 unspecified atom stereocenters. The van der Waals surface area contributed by atoms with Crippen LogP contribution in [0, 0.1) is 0 Å². The van der Waals surface area contributed by atoms with E-state index < -0.39 is 0 Å². The maximum absolute atomic E-state index is 12.6. The van der Waals surface area contributed by atoms with Crippen LogP contribution in [0.4, 0.5) is 5.69 Å². The zero-order valence-corrected chi connectivity index (χ0v) is 10.7. The van der Waals surface area contributed by atoms with Gasteiger partial charge < -0.3 is 4.90 Å². The lowest BCUT2D eigenvalue weighted by molar-refractivity contribution is -0.121. The molecule has 0 radical (unpaired) electrons. The highest BCUT2D eigenvalue weighted by Crippen LogP contribution is 2.30. The van der Waals surface area contributed by atoms with Crippen LogP contribution < -0.4 is 4.90 Å². The smallest absolute Gasteiger partial charge is 0.234 e. The minimum Gasteiger partial charge on any atom is -0.310 e. The van der Waals surface area contributed by atoms with Crippen molar-refractivity contribution in [2.75, 3.05) is 11.4 Å². The van der Waals surface area contributed by atoms with Gasteiger partial charge in [-0.3, -0.25) is 9.78 Å². The van der Waals surface area contributed by atoms with Crippen molar-refractivity contribution >= 4 is 11.6 Å². The molecule has 0 saturated carbocycles. The molecule has 3 nitrogen and oxygen atoms in total. The van der Waals surface area contributed by atoms with E-state index in [1.807, 2.05) is 47.4 Å². The van der Waals surface area contributed by atoms with Gasteiger partial charge in [0.2, 0.25) is 5.91 Å². The van der Waals surface area contributed by atoms with Crippen LogP contribution in [-0.4, -0.2) is 17.4 Å². The number of piperidine rings is 1. The van der Waals surface area contributed by atoms with Crippen molar-refractivity contribution in [3.05, 3.63) is 60.4 Å². The number of anilines is 1. The maximum atomic E-state index is 12.6. The molecular weight excluding hydrogens is 236 g/mol. The van der Waals surface area contributed by atoms with Crippen molar-refractivity contribution in [3.8, 4) is 0 Å². The number of carbonyl (C=O) groups excluding carboxylic acids is 1. The third-order valence-electron chi connectivity index (χ3n) is 3.60. The van der Waals surface area contributed by atoms with E-state index in [1.165, 1.54) is 0 Å². The Labute approximate surface area is 112 Å². The molecule has 1 fully saturated rings. The third kappa shape index (κ3) is 2.36. The van der Waals surface area contributed by atoms with Gasteiger partial charge in [0.1, 0.15) is 0 Å².